The standard InChI is InChI=1S/C18H14FN3O2S/c1-20-13-8-11(15-10-12(19)17(25-15)18(23)24)9-14(21-2)16(13)22-6-4-3-5-7-22/h8-10H,3-7H2,(H,23,24). The van der Waals surface area contributed by atoms with E-state index in [0.717, 1.165) is 49.8 Å². The van der Waals surface area contributed by atoms with Crippen LogP contribution >= 0.6 is 11.3 Å². The van der Waals surface area contributed by atoms with Gasteiger partial charge in [0, 0.05) is 23.7 Å². The molecule has 0 spiro atoms. The Balaban J connectivity index is 2.12. The molecule has 0 unspecified atom stereocenters. The van der Waals surface area contributed by atoms with Crippen molar-refractivity contribution in [1.82, 2.24) is 0 Å². The van der Waals surface area contributed by atoms with Gasteiger partial charge in [-0.15, -0.1) is 11.3 Å². The first-order valence-corrected chi connectivity index (χ1v) is 8.57. The molecular formula is C18H14FN3O2S. The number of hydrogen-bond acceptors (Lipinski definition) is 3. The molecule has 0 amide bonds. The van der Waals surface area contributed by atoms with E-state index in [1.165, 1.54) is 0 Å². The molecule has 7 heteroatoms. The van der Waals surface area contributed by atoms with Gasteiger partial charge in [-0.2, -0.15) is 0 Å². The molecule has 1 aromatic carbocycles. The minimum absolute atomic E-state index is 0.344. The quantitative estimate of drug-likeness (QED) is 0.756. The van der Waals surface area contributed by atoms with Crippen molar-refractivity contribution in [3.63, 3.8) is 0 Å². The summed E-state index contributed by atoms with van der Waals surface area (Å²) in [6.45, 7) is 16.6. The number of piperidine rings is 1. The lowest BCUT2D eigenvalue weighted by atomic mass is 10.1. The second-order valence-electron chi connectivity index (χ2n) is 5.73. The summed E-state index contributed by atoms with van der Waals surface area (Å²) < 4.78 is 13.8. The highest BCUT2D eigenvalue weighted by molar-refractivity contribution is 7.17. The molecule has 1 aliphatic rings. The Hall–Kier alpha value is -2.90. The van der Waals surface area contributed by atoms with Crippen molar-refractivity contribution in [3.8, 4) is 10.4 Å². The highest BCUT2D eigenvalue weighted by Gasteiger charge is 2.22. The third kappa shape index (κ3) is 3.19. The van der Waals surface area contributed by atoms with Gasteiger partial charge in [-0.05, 0) is 43.0 Å². The first-order chi connectivity index (χ1) is 12.0. The topological polar surface area (TPSA) is 49.3 Å². The van der Waals surface area contributed by atoms with Gasteiger partial charge in [-0.3, -0.25) is 0 Å². The number of carbonyl (C=O) groups is 1. The van der Waals surface area contributed by atoms with E-state index in [4.69, 9.17) is 18.3 Å². The Labute approximate surface area is 148 Å². The van der Waals surface area contributed by atoms with Gasteiger partial charge in [0.2, 0.25) is 0 Å². The minimum atomic E-state index is -1.32. The van der Waals surface area contributed by atoms with Gasteiger partial charge >= 0.3 is 5.97 Å². The van der Waals surface area contributed by atoms with E-state index < -0.39 is 11.8 Å². The number of thiophene rings is 1. The molecule has 126 valence electrons. The first-order valence-electron chi connectivity index (χ1n) is 7.76. The average Bonchev–Trinajstić information content (AvgIpc) is 3.03. The Morgan fingerprint density at radius 1 is 1.12 bits per heavy atom. The van der Waals surface area contributed by atoms with E-state index in [1.54, 1.807) is 12.1 Å². The van der Waals surface area contributed by atoms with Crippen LogP contribution in [0.25, 0.3) is 20.1 Å². The summed E-state index contributed by atoms with van der Waals surface area (Å²) >= 11 is 0.807. The van der Waals surface area contributed by atoms with Crippen molar-refractivity contribution >= 4 is 34.4 Å². The summed E-state index contributed by atoms with van der Waals surface area (Å²) in [6, 6.07) is 4.37. The number of carboxylic acids is 1. The fraction of sp³-hybridized carbons (Fsp3) is 0.278. The highest BCUT2D eigenvalue weighted by Crippen LogP contribution is 2.44. The van der Waals surface area contributed by atoms with Crippen LogP contribution in [0, 0.1) is 19.0 Å². The summed E-state index contributed by atoms with van der Waals surface area (Å²) in [7, 11) is 0. The molecule has 0 aliphatic carbocycles. The van der Waals surface area contributed by atoms with E-state index >= 15 is 0 Å². The molecule has 0 bridgehead atoms. The zero-order chi connectivity index (χ0) is 18.0. The number of halogens is 1. The predicted octanol–water partition coefficient (Wildman–Crippen LogP) is 5.34. The summed E-state index contributed by atoms with van der Waals surface area (Å²) in [4.78, 5) is 20.3. The van der Waals surface area contributed by atoms with Gasteiger partial charge in [-0.25, -0.2) is 18.9 Å². The Morgan fingerprint density at radius 2 is 1.72 bits per heavy atom. The first kappa shape index (κ1) is 16.9. The van der Waals surface area contributed by atoms with Crippen LogP contribution in [0.2, 0.25) is 0 Å². The molecule has 1 aromatic heterocycles. The molecule has 1 fully saturated rings. The highest BCUT2D eigenvalue weighted by atomic mass is 32.1. The van der Waals surface area contributed by atoms with E-state index in [2.05, 4.69) is 14.6 Å². The van der Waals surface area contributed by atoms with Crippen molar-refractivity contribution in [3.05, 3.63) is 51.7 Å². The van der Waals surface area contributed by atoms with Crippen molar-refractivity contribution in [2.45, 2.75) is 19.3 Å². The van der Waals surface area contributed by atoms with Crippen LogP contribution in [-0.4, -0.2) is 24.2 Å². The molecule has 25 heavy (non-hydrogen) atoms. The second-order valence-corrected chi connectivity index (χ2v) is 6.78. The lowest BCUT2D eigenvalue weighted by Gasteiger charge is -2.31. The number of aromatic carboxylic acids is 1. The van der Waals surface area contributed by atoms with Crippen LogP contribution in [0.4, 0.5) is 21.5 Å². The van der Waals surface area contributed by atoms with E-state index in [0.29, 0.717) is 27.5 Å². The molecule has 1 saturated heterocycles. The Bertz CT molecular complexity index is 882. The van der Waals surface area contributed by atoms with Crippen LogP contribution < -0.4 is 4.90 Å². The monoisotopic (exact) mass is 355 g/mol. The Kier molecular flexibility index (Phi) is 4.69. The van der Waals surface area contributed by atoms with E-state index in [-0.39, 0.29) is 4.88 Å². The average molecular weight is 355 g/mol. The zero-order valence-corrected chi connectivity index (χ0v) is 14.1. The van der Waals surface area contributed by atoms with Gasteiger partial charge in [0.25, 0.3) is 0 Å². The van der Waals surface area contributed by atoms with Crippen LogP contribution in [-0.2, 0) is 0 Å². The lowest BCUT2D eigenvalue weighted by molar-refractivity contribution is 0.0697. The SMILES string of the molecule is [C-]#[N+]c1cc(-c2cc(F)c(C(=O)O)s2)cc([N+]#[C-])c1N1CCCCC1. The van der Waals surface area contributed by atoms with Gasteiger partial charge in [-0.1, -0.05) is 0 Å². The van der Waals surface area contributed by atoms with Crippen molar-refractivity contribution in [2.75, 3.05) is 18.0 Å². The zero-order valence-electron chi connectivity index (χ0n) is 13.3. The third-order valence-corrected chi connectivity index (χ3v) is 5.30. The molecule has 5 nitrogen and oxygen atoms in total. The number of rotatable bonds is 3. The van der Waals surface area contributed by atoms with Gasteiger partial charge in [0.15, 0.2) is 11.4 Å². The second kappa shape index (κ2) is 6.92. The maximum atomic E-state index is 13.8. The lowest BCUT2D eigenvalue weighted by Crippen LogP contribution is -2.29. The Morgan fingerprint density at radius 3 is 2.20 bits per heavy atom. The molecule has 0 atom stereocenters. The van der Waals surface area contributed by atoms with Gasteiger partial charge in [0.1, 0.15) is 10.7 Å². The summed E-state index contributed by atoms with van der Waals surface area (Å²) in [6.07, 6.45) is 3.19. The van der Waals surface area contributed by atoms with Crippen molar-refractivity contribution in [1.29, 1.82) is 0 Å². The molecule has 3 rings (SSSR count). The number of hydrogen-bond donors (Lipinski definition) is 1. The van der Waals surface area contributed by atoms with E-state index in [9.17, 15) is 9.18 Å². The molecule has 0 saturated carbocycles. The third-order valence-electron chi connectivity index (χ3n) is 4.15. The number of nitrogens with zero attached hydrogens (tertiary/aromatic N) is 3. The molecule has 1 aliphatic heterocycles. The summed E-state index contributed by atoms with van der Waals surface area (Å²) in [5.41, 5.74) is 1.81. The fourth-order valence-corrected chi connectivity index (χ4v) is 3.88. The molecule has 2 aromatic rings. The minimum Gasteiger partial charge on any atom is -0.477 e. The predicted molar refractivity (Wildman–Crippen MR) is 95.3 cm³/mol. The van der Waals surface area contributed by atoms with Gasteiger partial charge < -0.3 is 10.0 Å². The van der Waals surface area contributed by atoms with Gasteiger partial charge in [0.05, 0.1) is 13.1 Å². The number of benzene rings is 1. The maximum Gasteiger partial charge on any atom is 0.348 e. The van der Waals surface area contributed by atoms with Crippen LogP contribution in [0.15, 0.2) is 18.2 Å². The molecule has 0 radical (unpaired) electrons. The fourth-order valence-electron chi connectivity index (χ4n) is 3.02. The van der Waals surface area contributed by atoms with Crippen LogP contribution in [0.5, 0.6) is 0 Å². The largest absolute Gasteiger partial charge is 0.477 e. The molecule has 2 heterocycles. The molecule has 1 N–H and O–H groups in total. The summed E-state index contributed by atoms with van der Waals surface area (Å²) in [5.74, 6) is -2.13. The van der Waals surface area contributed by atoms with Crippen molar-refractivity contribution in [2.24, 2.45) is 0 Å². The van der Waals surface area contributed by atoms with E-state index in [1.807, 2.05) is 0 Å². The number of anilines is 1. The maximum absolute atomic E-state index is 13.8. The van der Waals surface area contributed by atoms with Crippen LogP contribution in [0.1, 0.15) is 28.9 Å². The smallest absolute Gasteiger partial charge is 0.348 e. The normalized spacial score (nSPS) is 14.0. The van der Waals surface area contributed by atoms with Crippen molar-refractivity contribution < 1.29 is 14.3 Å². The molecular weight excluding hydrogens is 341 g/mol. The number of carboxylic acid groups (broad SMARTS) is 1. The van der Waals surface area contributed by atoms with Crippen LogP contribution in [0.3, 0.4) is 0 Å². The summed E-state index contributed by atoms with van der Waals surface area (Å²) in [5, 5.41) is 9.01.